The average molecular weight is 163 g/mol. The fourth-order valence-electron chi connectivity index (χ4n) is 0.931. The van der Waals surface area contributed by atoms with Crippen molar-refractivity contribution >= 4 is 11.3 Å². The molecule has 0 saturated heterocycles. The topological polar surface area (TPSA) is 13.1 Å². The predicted octanol–water partition coefficient (Wildman–Crippen LogP) is 3.12. The van der Waals surface area contributed by atoms with Crippen LogP contribution in [0.2, 0.25) is 0 Å². The highest BCUT2D eigenvalue weighted by Crippen LogP contribution is 2.25. The molecule has 0 aliphatic carbocycles. The summed E-state index contributed by atoms with van der Waals surface area (Å²) >= 11 is 1.68. The molecule has 0 amide bonds. The molecule has 1 nitrogen and oxygen atoms in total. The summed E-state index contributed by atoms with van der Waals surface area (Å²) in [4.78, 5) is 1.16. The fourth-order valence-corrected chi connectivity index (χ4v) is 1.61. The second kappa shape index (κ2) is 2.55. The standard InChI is InChI=1S/C9H7OS/c1-7-4-5-8(10-7)9-3-2-6-11-9/h2-3,5-6H,1H3. The largest absolute Gasteiger partial charge is 0.460 e. The summed E-state index contributed by atoms with van der Waals surface area (Å²) in [5.41, 5.74) is 0. The SMILES string of the molecule is Cc1[c]cc(-c2cccs2)o1. The molecule has 0 aromatic carbocycles. The first-order valence-corrected chi connectivity index (χ1v) is 4.26. The molecule has 2 aromatic rings. The number of hydrogen-bond donors (Lipinski definition) is 0. The van der Waals surface area contributed by atoms with E-state index in [1.54, 1.807) is 11.3 Å². The highest BCUT2D eigenvalue weighted by molar-refractivity contribution is 7.13. The van der Waals surface area contributed by atoms with Crippen LogP contribution in [0, 0.1) is 13.0 Å². The lowest BCUT2D eigenvalue weighted by molar-refractivity contribution is 0.549. The summed E-state index contributed by atoms with van der Waals surface area (Å²) in [5, 5.41) is 2.03. The monoisotopic (exact) mass is 163 g/mol. The normalized spacial score (nSPS) is 10.3. The molecule has 0 aliphatic heterocycles. The minimum absolute atomic E-state index is 0.841. The van der Waals surface area contributed by atoms with Crippen LogP contribution in [-0.2, 0) is 0 Å². The van der Waals surface area contributed by atoms with Crippen molar-refractivity contribution in [3.05, 3.63) is 35.4 Å². The van der Waals surface area contributed by atoms with Gasteiger partial charge in [0.1, 0.15) is 11.5 Å². The van der Waals surface area contributed by atoms with Gasteiger partial charge in [-0.15, -0.1) is 11.3 Å². The van der Waals surface area contributed by atoms with Crippen molar-refractivity contribution in [1.29, 1.82) is 0 Å². The third kappa shape index (κ3) is 1.21. The van der Waals surface area contributed by atoms with Gasteiger partial charge >= 0.3 is 0 Å². The molecule has 0 saturated carbocycles. The minimum Gasteiger partial charge on any atom is -0.460 e. The van der Waals surface area contributed by atoms with E-state index in [1.807, 2.05) is 30.5 Å². The van der Waals surface area contributed by atoms with E-state index in [2.05, 4.69) is 6.07 Å². The molecule has 1 radical (unpaired) electrons. The molecule has 0 N–H and O–H groups in total. The molecule has 2 aromatic heterocycles. The molecule has 11 heavy (non-hydrogen) atoms. The van der Waals surface area contributed by atoms with Crippen LogP contribution in [0.1, 0.15) is 5.76 Å². The lowest BCUT2D eigenvalue weighted by atomic mass is 10.4. The maximum Gasteiger partial charge on any atom is 0.144 e. The average Bonchev–Trinajstić information content (AvgIpc) is 2.55. The molecular weight excluding hydrogens is 156 g/mol. The van der Waals surface area contributed by atoms with Gasteiger partial charge in [-0.2, -0.15) is 0 Å². The Hall–Kier alpha value is -1.02. The fraction of sp³-hybridized carbons (Fsp3) is 0.111. The van der Waals surface area contributed by atoms with Gasteiger partial charge in [0, 0.05) is 6.07 Å². The first-order chi connectivity index (χ1) is 5.36. The number of hydrogen-bond acceptors (Lipinski definition) is 2. The molecule has 0 bridgehead atoms. The number of thiophene rings is 1. The summed E-state index contributed by atoms with van der Waals surface area (Å²) in [6, 6.07) is 8.92. The number of aryl methyl sites for hydroxylation is 1. The van der Waals surface area contributed by atoms with Gasteiger partial charge in [0.05, 0.1) is 4.88 Å². The maximum absolute atomic E-state index is 5.38. The van der Waals surface area contributed by atoms with Crippen LogP contribution in [0.25, 0.3) is 10.6 Å². The van der Waals surface area contributed by atoms with Gasteiger partial charge in [-0.05, 0) is 24.4 Å². The maximum atomic E-state index is 5.38. The van der Waals surface area contributed by atoms with E-state index in [0.717, 1.165) is 16.4 Å². The lowest BCUT2D eigenvalue weighted by Crippen LogP contribution is -1.60. The molecular formula is C9H7OS. The van der Waals surface area contributed by atoms with Crippen molar-refractivity contribution in [1.82, 2.24) is 0 Å². The van der Waals surface area contributed by atoms with Crippen molar-refractivity contribution in [2.45, 2.75) is 6.92 Å². The Labute approximate surface area is 69.3 Å². The number of rotatable bonds is 1. The Bertz CT molecular complexity index is 332. The first-order valence-electron chi connectivity index (χ1n) is 3.38. The van der Waals surface area contributed by atoms with Crippen LogP contribution in [0.15, 0.2) is 28.0 Å². The van der Waals surface area contributed by atoms with Crippen LogP contribution in [0.4, 0.5) is 0 Å². The van der Waals surface area contributed by atoms with Crippen LogP contribution in [0.5, 0.6) is 0 Å². The quantitative estimate of drug-likeness (QED) is 0.629. The van der Waals surface area contributed by atoms with Gasteiger partial charge in [0.15, 0.2) is 0 Å². The third-order valence-electron chi connectivity index (χ3n) is 1.43. The van der Waals surface area contributed by atoms with Crippen LogP contribution >= 0.6 is 11.3 Å². The Balaban J connectivity index is 2.45. The lowest BCUT2D eigenvalue weighted by Gasteiger charge is -1.87. The van der Waals surface area contributed by atoms with E-state index >= 15 is 0 Å². The second-order valence-corrected chi connectivity index (χ2v) is 3.24. The molecule has 0 atom stereocenters. The van der Waals surface area contributed by atoms with Crippen molar-refractivity contribution in [3.63, 3.8) is 0 Å². The zero-order chi connectivity index (χ0) is 7.68. The van der Waals surface area contributed by atoms with Gasteiger partial charge in [-0.25, -0.2) is 0 Å². The molecule has 2 heterocycles. The van der Waals surface area contributed by atoms with Crippen molar-refractivity contribution in [2.24, 2.45) is 0 Å². The summed E-state index contributed by atoms with van der Waals surface area (Å²) in [6.07, 6.45) is 0. The molecule has 0 unspecified atom stereocenters. The zero-order valence-corrected chi connectivity index (χ0v) is 6.94. The van der Waals surface area contributed by atoms with E-state index < -0.39 is 0 Å². The summed E-state index contributed by atoms with van der Waals surface area (Å²) < 4.78 is 5.38. The Morgan fingerprint density at radius 2 is 2.45 bits per heavy atom. The smallest absolute Gasteiger partial charge is 0.144 e. The first kappa shape index (κ1) is 6.68. The third-order valence-corrected chi connectivity index (χ3v) is 2.32. The van der Waals surface area contributed by atoms with E-state index in [-0.39, 0.29) is 0 Å². The van der Waals surface area contributed by atoms with Gasteiger partial charge in [-0.1, -0.05) is 6.07 Å². The van der Waals surface area contributed by atoms with E-state index in [4.69, 9.17) is 4.42 Å². The highest BCUT2D eigenvalue weighted by Gasteiger charge is 2.01. The number of furan rings is 1. The summed E-state index contributed by atoms with van der Waals surface area (Å²) in [7, 11) is 0. The van der Waals surface area contributed by atoms with E-state index in [1.165, 1.54) is 0 Å². The molecule has 0 aliphatic rings. The summed E-state index contributed by atoms with van der Waals surface area (Å²) in [6.45, 7) is 1.90. The Kier molecular flexibility index (Phi) is 1.55. The van der Waals surface area contributed by atoms with E-state index in [9.17, 15) is 0 Å². The molecule has 0 spiro atoms. The van der Waals surface area contributed by atoms with Gasteiger partial charge in [-0.3, -0.25) is 0 Å². The van der Waals surface area contributed by atoms with Crippen LogP contribution < -0.4 is 0 Å². The van der Waals surface area contributed by atoms with Crippen molar-refractivity contribution in [2.75, 3.05) is 0 Å². The van der Waals surface area contributed by atoms with Crippen LogP contribution in [0.3, 0.4) is 0 Å². The Morgan fingerprint density at radius 3 is 3.00 bits per heavy atom. The van der Waals surface area contributed by atoms with Crippen LogP contribution in [-0.4, -0.2) is 0 Å². The highest BCUT2D eigenvalue weighted by atomic mass is 32.1. The van der Waals surface area contributed by atoms with Crippen molar-refractivity contribution < 1.29 is 4.42 Å². The molecule has 2 heteroatoms. The predicted molar refractivity (Wildman–Crippen MR) is 45.6 cm³/mol. The molecule has 55 valence electrons. The summed E-state index contributed by atoms with van der Waals surface area (Å²) in [5.74, 6) is 1.76. The minimum atomic E-state index is 0.841. The molecule has 0 fully saturated rings. The van der Waals surface area contributed by atoms with Gasteiger partial charge in [0.2, 0.25) is 0 Å². The van der Waals surface area contributed by atoms with Crippen molar-refractivity contribution in [3.8, 4) is 10.6 Å². The van der Waals surface area contributed by atoms with E-state index in [0.29, 0.717) is 0 Å². The Morgan fingerprint density at radius 1 is 1.55 bits per heavy atom. The van der Waals surface area contributed by atoms with Gasteiger partial charge < -0.3 is 4.42 Å². The zero-order valence-electron chi connectivity index (χ0n) is 6.13. The second-order valence-electron chi connectivity index (χ2n) is 2.29. The van der Waals surface area contributed by atoms with Gasteiger partial charge in [0.25, 0.3) is 0 Å². The molecule has 2 rings (SSSR count).